The summed E-state index contributed by atoms with van der Waals surface area (Å²) >= 11 is -1.67. The fourth-order valence-electron chi connectivity index (χ4n) is 1.54. The van der Waals surface area contributed by atoms with Gasteiger partial charge in [0.15, 0.2) is 11.1 Å². The van der Waals surface area contributed by atoms with Crippen LogP contribution in [0.25, 0.3) is 0 Å². The molecule has 0 heterocycles. The Kier molecular flexibility index (Phi) is 15.9. The summed E-state index contributed by atoms with van der Waals surface area (Å²) in [6, 6.07) is 0. The van der Waals surface area contributed by atoms with Crippen molar-refractivity contribution in [3.05, 3.63) is 60.8 Å². The van der Waals surface area contributed by atoms with Gasteiger partial charge < -0.3 is 4.55 Å². The van der Waals surface area contributed by atoms with E-state index < -0.39 is 11.1 Å². The van der Waals surface area contributed by atoms with E-state index in [1.807, 2.05) is 12.2 Å². The lowest BCUT2D eigenvalue weighted by molar-refractivity contribution is 0.564. The zero-order valence-electron chi connectivity index (χ0n) is 13.0. The summed E-state index contributed by atoms with van der Waals surface area (Å²) in [5.74, 6) is 0.324. The summed E-state index contributed by atoms with van der Waals surface area (Å²) in [5, 5.41) is 0. The number of allylic oxidation sites excluding steroid dienone is 10. The first-order valence-corrected chi connectivity index (χ1v) is 8.87. The predicted octanol–water partition coefficient (Wildman–Crippen LogP) is 5.35. The van der Waals surface area contributed by atoms with Crippen LogP contribution in [0.4, 0.5) is 0 Å². The fraction of sp³-hybridized carbons (Fsp3) is 0.444. The van der Waals surface area contributed by atoms with Crippen LogP contribution in [-0.4, -0.2) is 14.5 Å². The van der Waals surface area contributed by atoms with Crippen LogP contribution in [0.15, 0.2) is 60.8 Å². The quantitative estimate of drug-likeness (QED) is 0.390. The van der Waals surface area contributed by atoms with Gasteiger partial charge in [0.2, 0.25) is 0 Å². The molecule has 0 aromatic rings. The zero-order chi connectivity index (χ0) is 15.6. The molecule has 21 heavy (non-hydrogen) atoms. The van der Waals surface area contributed by atoms with Crippen LogP contribution in [0.1, 0.15) is 45.4 Å². The molecule has 2 nitrogen and oxygen atoms in total. The number of hydrogen-bond acceptors (Lipinski definition) is 1. The molecule has 0 fully saturated rings. The molecule has 0 radical (unpaired) electrons. The average Bonchev–Trinajstić information content (AvgIpc) is 2.46. The molecule has 0 bridgehead atoms. The summed E-state index contributed by atoms with van der Waals surface area (Å²) in [7, 11) is 0. The monoisotopic (exact) mass is 308 g/mol. The van der Waals surface area contributed by atoms with Crippen LogP contribution < -0.4 is 0 Å². The van der Waals surface area contributed by atoms with Crippen LogP contribution in [-0.2, 0) is 11.1 Å². The second-order valence-electron chi connectivity index (χ2n) is 4.52. The lowest BCUT2D eigenvalue weighted by atomic mass is 10.2. The maximum absolute atomic E-state index is 10.4. The average molecular weight is 308 g/mol. The Morgan fingerprint density at radius 1 is 0.714 bits per heavy atom. The molecule has 0 aliphatic rings. The first-order valence-electron chi connectivity index (χ1n) is 7.59. The van der Waals surface area contributed by atoms with Crippen LogP contribution in [0.3, 0.4) is 0 Å². The van der Waals surface area contributed by atoms with E-state index >= 15 is 0 Å². The highest BCUT2D eigenvalue weighted by Gasteiger charge is 1.87. The second-order valence-corrected chi connectivity index (χ2v) is 5.57. The summed E-state index contributed by atoms with van der Waals surface area (Å²) in [6.45, 7) is 2.14. The molecule has 0 saturated heterocycles. The molecule has 0 saturated carbocycles. The molecular weight excluding hydrogens is 280 g/mol. The van der Waals surface area contributed by atoms with E-state index in [0.29, 0.717) is 12.2 Å². The van der Waals surface area contributed by atoms with E-state index in [-0.39, 0.29) is 0 Å². The minimum atomic E-state index is -1.67. The molecule has 0 aromatic heterocycles. The van der Waals surface area contributed by atoms with E-state index in [9.17, 15) is 4.21 Å². The van der Waals surface area contributed by atoms with Crippen molar-refractivity contribution < 1.29 is 8.76 Å². The second kappa shape index (κ2) is 16.9. The highest BCUT2D eigenvalue weighted by atomic mass is 32.2. The summed E-state index contributed by atoms with van der Waals surface area (Å²) in [6.07, 6.45) is 27.0. The molecule has 0 rings (SSSR count). The lowest BCUT2D eigenvalue weighted by Crippen LogP contribution is -1.91. The summed E-state index contributed by atoms with van der Waals surface area (Å²) in [5.41, 5.74) is 0. The highest BCUT2D eigenvalue weighted by Crippen LogP contribution is 1.96. The Labute approximate surface area is 132 Å². The Balaban J connectivity index is 3.47. The maximum atomic E-state index is 10.4. The van der Waals surface area contributed by atoms with E-state index in [0.717, 1.165) is 32.1 Å². The number of rotatable bonds is 12. The first-order chi connectivity index (χ1) is 10.3. The van der Waals surface area contributed by atoms with Gasteiger partial charge >= 0.3 is 0 Å². The van der Waals surface area contributed by atoms with Crippen molar-refractivity contribution in [2.24, 2.45) is 0 Å². The molecule has 118 valence electrons. The van der Waals surface area contributed by atoms with E-state index in [4.69, 9.17) is 4.55 Å². The molecule has 1 atom stereocenters. The van der Waals surface area contributed by atoms with Gasteiger partial charge in [-0.15, -0.1) is 0 Å². The smallest absolute Gasteiger partial charge is 0.153 e. The first kappa shape index (κ1) is 19.8. The SMILES string of the molecule is CCC=CCC=CCC=CCC=CCC=CCCS(=O)O. The Morgan fingerprint density at radius 3 is 1.48 bits per heavy atom. The summed E-state index contributed by atoms with van der Waals surface area (Å²) in [4.78, 5) is 0. The topological polar surface area (TPSA) is 37.3 Å². The van der Waals surface area contributed by atoms with Crippen LogP contribution >= 0.6 is 0 Å². The van der Waals surface area contributed by atoms with E-state index in [2.05, 4.69) is 55.5 Å². The molecule has 0 aromatic carbocycles. The van der Waals surface area contributed by atoms with Crippen molar-refractivity contribution in [3.63, 3.8) is 0 Å². The van der Waals surface area contributed by atoms with Gasteiger partial charge in [0, 0.05) is 0 Å². The van der Waals surface area contributed by atoms with Gasteiger partial charge in [-0.1, -0.05) is 67.7 Å². The van der Waals surface area contributed by atoms with Crippen molar-refractivity contribution in [2.45, 2.75) is 45.4 Å². The van der Waals surface area contributed by atoms with Gasteiger partial charge in [-0.2, -0.15) is 0 Å². The molecule has 0 aliphatic carbocycles. The minimum Gasteiger partial charge on any atom is -0.306 e. The maximum Gasteiger partial charge on any atom is 0.153 e. The van der Waals surface area contributed by atoms with E-state index in [1.54, 1.807) is 0 Å². The van der Waals surface area contributed by atoms with Crippen molar-refractivity contribution in [3.8, 4) is 0 Å². The van der Waals surface area contributed by atoms with Crippen molar-refractivity contribution in [1.29, 1.82) is 0 Å². The molecule has 0 amide bonds. The van der Waals surface area contributed by atoms with Crippen LogP contribution in [0, 0.1) is 0 Å². The normalized spacial score (nSPS) is 14.6. The minimum absolute atomic E-state index is 0.324. The van der Waals surface area contributed by atoms with Crippen molar-refractivity contribution >= 4 is 11.1 Å². The molecule has 0 spiro atoms. The fourth-order valence-corrected chi connectivity index (χ4v) is 1.88. The third-order valence-electron chi connectivity index (χ3n) is 2.62. The zero-order valence-corrected chi connectivity index (χ0v) is 13.8. The molecule has 1 N–H and O–H groups in total. The third kappa shape index (κ3) is 18.8. The van der Waals surface area contributed by atoms with Crippen LogP contribution in [0.5, 0.6) is 0 Å². The van der Waals surface area contributed by atoms with Gasteiger partial charge in [0.25, 0.3) is 0 Å². The Morgan fingerprint density at radius 2 is 1.10 bits per heavy atom. The highest BCUT2D eigenvalue weighted by molar-refractivity contribution is 7.79. The largest absolute Gasteiger partial charge is 0.306 e. The standard InChI is InChI=1S/C18H28O2S/c1-2-3-4-5-6-7-8-9-10-11-12-13-14-15-16-17-18-21(19)20/h3-4,6-7,9-10,12-13,15-16H,2,5,8,11,14,17-18H2,1H3,(H,19,20). The third-order valence-corrected chi connectivity index (χ3v) is 3.20. The summed E-state index contributed by atoms with van der Waals surface area (Å²) < 4.78 is 19.0. The molecule has 0 aliphatic heterocycles. The van der Waals surface area contributed by atoms with Gasteiger partial charge in [0.05, 0.1) is 5.75 Å². The van der Waals surface area contributed by atoms with E-state index in [1.165, 1.54) is 0 Å². The molecular formula is C18H28O2S. The van der Waals surface area contributed by atoms with Crippen LogP contribution in [0.2, 0.25) is 0 Å². The van der Waals surface area contributed by atoms with Gasteiger partial charge in [-0.3, -0.25) is 0 Å². The predicted molar refractivity (Wildman–Crippen MR) is 94.7 cm³/mol. The Hall–Kier alpha value is -1.19. The number of hydrogen-bond donors (Lipinski definition) is 1. The van der Waals surface area contributed by atoms with Gasteiger partial charge in [0.1, 0.15) is 0 Å². The molecule has 1 unspecified atom stereocenters. The molecule has 3 heteroatoms. The van der Waals surface area contributed by atoms with Crippen molar-refractivity contribution in [1.82, 2.24) is 0 Å². The lowest BCUT2D eigenvalue weighted by Gasteiger charge is -1.87. The van der Waals surface area contributed by atoms with Crippen molar-refractivity contribution in [2.75, 3.05) is 5.75 Å². The Bertz CT molecular complexity index is 390. The van der Waals surface area contributed by atoms with Gasteiger partial charge in [-0.25, -0.2) is 4.21 Å². The van der Waals surface area contributed by atoms with Gasteiger partial charge in [-0.05, 0) is 38.5 Å².